The van der Waals surface area contributed by atoms with Gasteiger partial charge in [0, 0.05) is 55.4 Å². The number of nitrogens with zero attached hydrogens (tertiary/aromatic N) is 5. The lowest BCUT2D eigenvalue weighted by Crippen LogP contribution is -2.54. The molecule has 2 N–H and O–H groups in total. The average Bonchev–Trinajstić information content (AvgIpc) is 3.19. The zero-order chi connectivity index (χ0) is 37.3. The highest BCUT2D eigenvalue weighted by molar-refractivity contribution is 5.96. The molecule has 3 aromatic heterocycles. The molecule has 4 heterocycles. The fraction of sp³-hybridized carbons (Fsp3) is 0.326. The van der Waals surface area contributed by atoms with Crippen LogP contribution in [0.3, 0.4) is 0 Å². The molecule has 1 amide bonds. The van der Waals surface area contributed by atoms with Crippen molar-refractivity contribution in [2.45, 2.75) is 76.7 Å². The van der Waals surface area contributed by atoms with Gasteiger partial charge in [0.05, 0.1) is 17.3 Å². The van der Waals surface area contributed by atoms with E-state index in [2.05, 4.69) is 63.6 Å². The van der Waals surface area contributed by atoms with E-state index in [-0.39, 0.29) is 23.0 Å². The van der Waals surface area contributed by atoms with Crippen LogP contribution < -0.4 is 21.9 Å². The number of hydrogen-bond acceptors (Lipinski definition) is 7. The standard InChI is InChI=1S/C43H44FN7O3/c1-3-34-26-49(24-27(2)47-34)25-28-11-13-29(14-12-28)30-9-6-10-37(19-30)50-40-38(21-33(44)23-46-40)42(53)51(43(50)54)36-17-15-35(16-18-36)48-41(52)39-20-31-7-4-5-8-32(31)22-45-39/h4-14,19-23,27,34-36,47H,3,15-18,24-26H2,1-2H3,(H,48,52)/t27-,34?,35?,36?/m1/s1. The molecule has 1 aliphatic heterocycles. The topological polar surface area (TPSA) is 114 Å². The van der Waals surface area contributed by atoms with Gasteiger partial charge in [-0.3, -0.25) is 24.0 Å². The Labute approximate surface area is 312 Å². The third kappa shape index (κ3) is 7.21. The maximum Gasteiger partial charge on any atom is 0.337 e. The van der Waals surface area contributed by atoms with Crippen molar-refractivity contribution in [1.82, 2.24) is 34.6 Å². The minimum Gasteiger partial charge on any atom is -0.348 e. The molecule has 54 heavy (non-hydrogen) atoms. The van der Waals surface area contributed by atoms with E-state index >= 15 is 0 Å². The second-order valence-corrected chi connectivity index (χ2v) is 14.8. The van der Waals surface area contributed by atoms with Gasteiger partial charge >= 0.3 is 5.69 Å². The molecular weight excluding hydrogens is 682 g/mol. The molecule has 2 fully saturated rings. The van der Waals surface area contributed by atoms with Crippen LogP contribution in [0.25, 0.3) is 38.6 Å². The highest BCUT2D eigenvalue weighted by atomic mass is 19.1. The van der Waals surface area contributed by atoms with Crippen LogP contribution in [0.15, 0.2) is 107 Å². The van der Waals surface area contributed by atoms with Crippen LogP contribution in [0, 0.1) is 5.82 Å². The van der Waals surface area contributed by atoms with Crippen LogP contribution in [-0.4, -0.2) is 61.1 Å². The average molecular weight is 726 g/mol. The summed E-state index contributed by atoms with van der Waals surface area (Å²) in [7, 11) is 0. The summed E-state index contributed by atoms with van der Waals surface area (Å²) in [4.78, 5) is 52.5. The Morgan fingerprint density at radius 2 is 1.65 bits per heavy atom. The predicted molar refractivity (Wildman–Crippen MR) is 209 cm³/mol. The van der Waals surface area contributed by atoms with Crippen LogP contribution in [-0.2, 0) is 6.54 Å². The van der Waals surface area contributed by atoms with Gasteiger partial charge in [-0.1, -0.05) is 67.6 Å². The number of piperazine rings is 1. The number of nitrogens with one attached hydrogen (secondary N) is 2. The summed E-state index contributed by atoms with van der Waals surface area (Å²) >= 11 is 0. The number of carbonyl (C=O) groups is 1. The van der Waals surface area contributed by atoms with E-state index in [0.29, 0.717) is 49.1 Å². The maximum atomic E-state index is 14.6. The van der Waals surface area contributed by atoms with Crippen molar-refractivity contribution in [2.75, 3.05) is 13.1 Å². The molecule has 6 aromatic rings. The third-order valence-corrected chi connectivity index (χ3v) is 11.0. The summed E-state index contributed by atoms with van der Waals surface area (Å²) < 4.78 is 17.3. The van der Waals surface area contributed by atoms with Gasteiger partial charge < -0.3 is 10.6 Å². The van der Waals surface area contributed by atoms with Crippen LogP contribution >= 0.6 is 0 Å². The zero-order valence-corrected chi connectivity index (χ0v) is 30.5. The smallest absolute Gasteiger partial charge is 0.337 e. The molecule has 0 spiro atoms. The highest BCUT2D eigenvalue weighted by Gasteiger charge is 2.29. The molecule has 1 saturated carbocycles. The summed E-state index contributed by atoms with van der Waals surface area (Å²) in [6.45, 7) is 7.36. The number of carbonyl (C=O) groups excluding carboxylic acids is 1. The number of pyridine rings is 2. The number of hydrogen-bond donors (Lipinski definition) is 2. The molecule has 10 nitrogen and oxygen atoms in total. The fourth-order valence-corrected chi connectivity index (χ4v) is 8.23. The fourth-order valence-electron chi connectivity index (χ4n) is 8.23. The Balaban J connectivity index is 1.04. The van der Waals surface area contributed by atoms with Crippen LogP contribution in [0.4, 0.5) is 4.39 Å². The number of benzene rings is 3. The molecule has 8 rings (SSSR count). The Morgan fingerprint density at radius 3 is 2.43 bits per heavy atom. The quantitative estimate of drug-likeness (QED) is 0.187. The minimum atomic E-state index is -0.653. The first-order valence-electron chi connectivity index (χ1n) is 18.9. The molecule has 0 bridgehead atoms. The van der Waals surface area contributed by atoms with Crippen molar-refractivity contribution in [2.24, 2.45) is 0 Å². The van der Waals surface area contributed by atoms with E-state index in [1.54, 1.807) is 12.3 Å². The second-order valence-electron chi connectivity index (χ2n) is 14.8. The van der Waals surface area contributed by atoms with Crippen molar-refractivity contribution in [3.05, 3.63) is 135 Å². The largest absolute Gasteiger partial charge is 0.348 e. The zero-order valence-electron chi connectivity index (χ0n) is 30.5. The van der Waals surface area contributed by atoms with Gasteiger partial charge in [0.25, 0.3) is 11.5 Å². The summed E-state index contributed by atoms with van der Waals surface area (Å²) in [6.07, 6.45) is 5.92. The third-order valence-electron chi connectivity index (χ3n) is 11.0. The maximum absolute atomic E-state index is 14.6. The van der Waals surface area contributed by atoms with Crippen molar-refractivity contribution in [3.63, 3.8) is 0 Å². The van der Waals surface area contributed by atoms with E-state index in [9.17, 15) is 18.8 Å². The molecule has 1 unspecified atom stereocenters. The Hall–Kier alpha value is -5.52. The summed E-state index contributed by atoms with van der Waals surface area (Å²) in [5.74, 6) is -0.913. The first-order valence-corrected chi connectivity index (χ1v) is 18.9. The van der Waals surface area contributed by atoms with Gasteiger partial charge in [-0.25, -0.2) is 18.7 Å². The Morgan fingerprint density at radius 1 is 0.870 bits per heavy atom. The van der Waals surface area contributed by atoms with Gasteiger partial charge in [-0.05, 0) is 85.4 Å². The molecule has 11 heteroatoms. The molecule has 1 saturated heterocycles. The minimum absolute atomic E-state index is 0.0368. The van der Waals surface area contributed by atoms with Gasteiger partial charge in [0.1, 0.15) is 11.5 Å². The van der Waals surface area contributed by atoms with Gasteiger partial charge in [-0.2, -0.15) is 0 Å². The van der Waals surface area contributed by atoms with Crippen LogP contribution in [0.2, 0.25) is 0 Å². The van der Waals surface area contributed by atoms with Gasteiger partial charge in [-0.15, -0.1) is 0 Å². The van der Waals surface area contributed by atoms with E-state index in [1.165, 1.54) is 14.7 Å². The first kappa shape index (κ1) is 35.5. The molecule has 3 aromatic carbocycles. The summed E-state index contributed by atoms with van der Waals surface area (Å²) in [6, 6.07) is 27.1. The summed E-state index contributed by atoms with van der Waals surface area (Å²) in [5.41, 5.74) is 3.01. The normalized spacial score (nSPS) is 20.6. The van der Waals surface area contributed by atoms with Gasteiger partial charge in [0.15, 0.2) is 5.65 Å². The van der Waals surface area contributed by atoms with E-state index in [4.69, 9.17) is 0 Å². The molecule has 2 aliphatic rings. The van der Waals surface area contributed by atoms with Crippen molar-refractivity contribution < 1.29 is 9.18 Å². The van der Waals surface area contributed by atoms with Crippen molar-refractivity contribution in [3.8, 4) is 16.8 Å². The molecule has 2 atom stereocenters. The predicted octanol–water partition coefficient (Wildman–Crippen LogP) is 6.39. The molecule has 0 radical (unpaired) electrons. The van der Waals surface area contributed by atoms with Crippen LogP contribution in [0.1, 0.15) is 68.0 Å². The monoisotopic (exact) mass is 725 g/mol. The number of fused-ring (bicyclic) bond motifs is 2. The SMILES string of the molecule is CCC1CN(Cc2ccc(-c3cccc(-n4c(=O)n(C5CCC(NC(=O)c6cc7ccccc7cn6)CC5)c(=O)c5cc(F)cnc54)c3)cc2)C[C@@H](C)N1. The van der Waals surface area contributed by atoms with Crippen molar-refractivity contribution in [1.29, 1.82) is 0 Å². The van der Waals surface area contributed by atoms with Crippen LogP contribution in [0.5, 0.6) is 0 Å². The Bertz CT molecular complexity index is 2450. The number of halogens is 1. The number of rotatable bonds is 8. The summed E-state index contributed by atoms with van der Waals surface area (Å²) in [5, 5.41) is 8.69. The molecule has 1 aliphatic carbocycles. The van der Waals surface area contributed by atoms with Gasteiger partial charge in [0.2, 0.25) is 0 Å². The van der Waals surface area contributed by atoms with E-state index in [0.717, 1.165) is 60.2 Å². The number of aromatic nitrogens is 4. The Kier molecular flexibility index (Phi) is 9.91. The second kappa shape index (κ2) is 15.1. The molecular formula is C43H44FN7O3. The molecule has 276 valence electrons. The highest BCUT2D eigenvalue weighted by Crippen LogP contribution is 2.29. The lowest BCUT2D eigenvalue weighted by molar-refractivity contribution is 0.0917. The lowest BCUT2D eigenvalue weighted by Gasteiger charge is -2.37. The van der Waals surface area contributed by atoms with E-state index in [1.807, 2.05) is 48.5 Å². The van der Waals surface area contributed by atoms with E-state index < -0.39 is 23.1 Å². The lowest BCUT2D eigenvalue weighted by atomic mass is 9.90. The number of amides is 1. The first-order chi connectivity index (χ1) is 26.2. The van der Waals surface area contributed by atoms with Crippen molar-refractivity contribution >= 4 is 27.7 Å².